The van der Waals surface area contributed by atoms with Gasteiger partial charge in [0.05, 0.1) is 12.1 Å². The lowest BCUT2D eigenvalue weighted by Crippen LogP contribution is -2.33. The number of likely N-dealkylation sites (N-methyl/N-ethyl adjacent to an activating group) is 2. The van der Waals surface area contributed by atoms with Gasteiger partial charge in [0, 0.05) is 43.5 Å². The van der Waals surface area contributed by atoms with E-state index in [2.05, 4.69) is 10.6 Å². The van der Waals surface area contributed by atoms with Crippen molar-refractivity contribution in [3.05, 3.63) is 70.7 Å². The number of ether oxygens (including phenoxy) is 2. The average Bonchev–Trinajstić information content (AvgIpc) is 2.85. The van der Waals surface area contributed by atoms with Gasteiger partial charge in [-0.15, -0.1) is 23.5 Å². The van der Waals surface area contributed by atoms with Crippen LogP contribution in [0.3, 0.4) is 0 Å². The van der Waals surface area contributed by atoms with Crippen LogP contribution in [0, 0.1) is 0 Å². The van der Waals surface area contributed by atoms with Crippen LogP contribution in [0.1, 0.15) is 0 Å². The summed E-state index contributed by atoms with van der Waals surface area (Å²) in [5, 5.41) is 7.60. The number of carbonyl (C=O) groups excluding carboxylic acids is 2. The van der Waals surface area contributed by atoms with Crippen molar-refractivity contribution in [3.63, 3.8) is 0 Å². The fraction of sp³-hybridized carbons (Fsp3) is 0.333. The third-order valence-electron chi connectivity index (χ3n) is 4.56. The van der Waals surface area contributed by atoms with Crippen LogP contribution in [0.5, 0.6) is 0 Å². The van der Waals surface area contributed by atoms with Crippen molar-refractivity contribution in [1.82, 2.24) is 10.6 Å². The highest BCUT2D eigenvalue weighted by molar-refractivity contribution is 7.99. The van der Waals surface area contributed by atoms with Gasteiger partial charge in [0.1, 0.15) is 13.2 Å². The molecule has 0 radical (unpaired) electrons. The summed E-state index contributed by atoms with van der Waals surface area (Å²) in [4.78, 5) is 26.1. The zero-order chi connectivity index (χ0) is 24.8. The molecule has 0 spiro atoms. The van der Waals surface area contributed by atoms with Crippen molar-refractivity contribution in [1.29, 1.82) is 0 Å². The van der Waals surface area contributed by atoms with Crippen LogP contribution in [0.4, 0.5) is 0 Å². The second-order valence-electron chi connectivity index (χ2n) is 7.09. The van der Waals surface area contributed by atoms with E-state index in [1.807, 2.05) is 48.5 Å². The molecule has 10 heteroatoms. The van der Waals surface area contributed by atoms with Gasteiger partial charge in [0.15, 0.2) is 0 Å². The SMILES string of the molecule is CN[C@@H](COC(=O)/C=C/C(=O)OC[C@@H](CSc1ccc(Cl)cc1)NC)CSc1ccc(Cl)cc1. The molecule has 0 saturated heterocycles. The molecule has 0 aromatic heterocycles. The van der Waals surface area contributed by atoms with Crippen LogP contribution in [0.15, 0.2) is 70.5 Å². The van der Waals surface area contributed by atoms with Crippen LogP contribution in [-0.2, 0) is 19.1 Å². The Morgan fingerprint density at radius 2 is 1.12 bits per heavy atom. The van der Waals surface area contributed by atoms with Gasteiger partial charge >= 0.3 is 11.9 Å². The van der Waals surface area contributed by atoms with Gasteiger partial charge in [0.25, 0.3) is 0 Å². The zero-order valence-electron chi connectivity index (χ0n) is 19.0. The minimum absolute atomic E-state index is 0.0421. The van der Waals surface area contributed by atoms with Gasteiger partial charge in [0.2, 0.25) is 0 Å². The summed E-state index contributed by atoms with van der Waals surface area (Å²) >= 11 is 15.0. The third kappa shape index (κ3) is 11.6. The standard InChI is InChI=1S/C24H28Cl2N2O4S2/c1-27-19(15-33-21-7-3-17(25)4-8-21)13-31-23(29)11-12-24(30)32-14-20(28-2)16-34-22-9-5-18(26)6-10-22/h3-12,19-20,27-28H,13-16H2,1-2H3/b12-11+/t19-,20-/m0/s1. The molecule has 0 fully saturated rings. The minimum atomic E-state index is -0.600. The van der Waals surface area contributed by atoms with Crippen molar-refractivity contribution in [3.8, 4) is 0 Å². The topological polar surface area (TPSA) is 76.7 Å². The molecule has 0 heterocycles. The Morgan fingerprint density at radius 3 is 1.44 bits per heavy atom. The Hall–Kier alpha value is -1.68. The lowest BCUT2D eigenvalue weighted by Gasteiger charge is -2.16. The van der Waals surface area contributed by atoms with Crippen LogP contribution in [0.2, 0.25) is 10.0 Å². The fourth-order valence-electron chi connectivity index (χ4n) is 2.48. The van der Waals surface area contributed by atoms with Gasteiger partial charge < -0.3 is 20.1 Å². The molecule has 0 aliphatic carbocycles. The van der Waals surface area contributed by atoms with Crippen LogP contribution in [0.25, 0.3) is 0 Å². The number of halogens is 2. The van der Waals surface area contributed by atoms with Crippen LogP contribution >= 0.6 is 46.7 Å². The Bertz CT molecular complexity index is 852. The van der Waals surface area contributed by atoms with Crippen LogP contribution < -0.4 is 10.6 Å². The van der Waals surface area contributed by atoms with E-state index in [0.29, 0.717) is 21.6 Å². The largest absolute Gasteiger partial charge is 0.461 e. The summed E-state index contributed by atoms with van der Waals surface area (Å²) in [6.45, 7) is 0.359. The van der Waals surface area contributed by atoms with E-state index in [4.69, 9.17) is 32.7 Å². The second kappa shape index (κ2) is 16.1. The molecule has 0 aliphatic rings. The quantitative estimate of drug-likeness (QED) is 0.202. The lowest BCUT2D eigenvalue weighted by molar-refractivity contribution is -0.141. The number of nitrogens with one attached hydrogen (secondary N) is 2. The zero-order valence-corrected chi connectivity index (χ0v) is 22.1. The lowest BCUT2D eigenvalue weighted by atomic mass is 10.3. The van der Waals surface area contributed by atoms with Crippen LogP contribution in [-0.4, -0.2) is 62.8 Å². The summed E-state index contributed by atoms with van der Waals surface area (Å²) in [5.41, 5.74) is 0. The Morgan fingerprint density at radius 1 is 0.765 bits per heavy atom. The highest BCUT2D eigenvalue weighted by atomic mass is 35.5. The van der Waals surface area contributed by atoms with Gasteiger partial charge in [-0.25, -0.2) is 9.59 Å². The molecule has 34 heavy (non-hydrogen) atoms. The van der Waals surface area contributed by atoms with E-state index >= 15 is 0 Å². The summed E-state index contributed by atoms with van der Waals surface area (Å²) in [6.07, 6.45) is 2.16. The molecule has 2 N–H and O–H groups in total. The first kappa shape index (κ1) is 28.6. The summed E-state index contributed by atoms with van der Waals surface area (Å²) in [6, 6.07) is 15.0. The maximum Gasteiger partial charge on any atom is 0.331 e. The number of esters is 2. The average molecular weight is 544 g/mol. The number of hydrogen-bond acceptors (Lipinski definition) is 8. The van der Waals surface area contributed by atoms with E-state index in [1.165, 1.54) is 0 Å². The van der Waals surface area contributed by atoms with Crippen molar-refractivity contribution in [2.45, 2.75) is 21.9 Å². The summed E-state index contributed by atoms with van der Waals surface area (Å²) in [7, 11) is 3.61. The molecule has 0 unspecified atom stereocenters. The number of carbonyl (C=O) groups is 2. The van der Waals surface area contributed by atoms with E-state index in [1.54, 1.807) is 37.6 Å². The molecule has 0 saturated carbocycles. The summed E-state index contributed by atoms with van der Waals surface area (Å²) < 4.78 is 10.5. The maximum absolute atomic E-state index is 12.0. The second-order valence-corrected chi connectivity index (χ2v) is 10.2. The monoisotopic (exact) mass is 542 g/mol. The Labute approximate surface area is 219 Å². The van der Waals surface area contributed by atoms with Crippen molar-refractivity contribution < 1.29 is 19.1 Å². The fourth-order valence-corrected chi connectivity index (χ4v) is 4.70. The van der Waals surface area contributed by atoms with Crippen molar-refractivity contribution in [2.75, 3.05) is 38.8 Å². The van der Waals surface area contributed by atoms with Crippen molar-refractivity contribution >= 4 is 58.7 Å². The highest BCUT2D eigenvalue weighted by Gasteiger charge is 2.12. The predicted octanol–water partition coefficient (Wildman–Crippen LogP) is 4.70. The summed E-state index contributed by atoms with van der Waals surface area (Å²) in [5.74, 6) is 0.210. The first-order chi connectivity index (χ1) is 16.4. The number of benzene rings is 2. The molecule has 184 valence electrons. The Balaban J connectivity index is 1.66. The molecular weight excluding hydrogens is 515 g/mol. The number of hydrogen-bond donors (Lipinski definition) is 2. The normalized spacial score (nSPS) is 12.9. The number of rotatable bonds is 14. The highest BCUT2D eigenvalue weighted by Crippen LogP contribution is 2.22. The smallest absolute Gasteiger partial charge is 0.331 e. The first-order valence-electron chi connectivity index (χ1n) is 10.5. The number of thioether (sulfide) groups is 2. The first-order valence-corrected chi connectivity index (χ1v) is 13.2. The molecule has 0 bridgehead atoms. The predicted molar refractivity (Wildman–Crippen MR) is 141 cm³/mol. The van der Waals surface area contributed by atoms with E-state index < -0.39 is 11.9 Å². The molecule has 2 atom stereocenters. The van der Waals surface area contributed by atoms with Gasteiger partial charge in [-0.05, 0) is 62.6 Å². The molecule has 2 aromatic carbocycles. The minimum Gasteiger partial charge on any atom is -0.461 e. The van der Waals surface area contributed by atoms with Crippen molar-refractivity contribution in [2.24, 2.45) is 0 Å². The molecular formula is C24H28Cl2N2O4S2. The third-order valence-corrected chi connectivity index (χ3v) is 7.41. The maximum atomic E-state index is 12.0. The van der Waals surface area contributed by atoms with E-state index in [-0.39, 0.29) is 25.3 Å². The molecule has 0 amide bonds. The van der Waals surface area contributed by atoms with Gasteiger partial charge in [-0.3, -0.25) is 0 Å². The molecule has 2 aromatic rings. The van der Waals surface area contributed by atoms with E-state index in [0.717, 1.165) is 21.9 Å². The van der Waals surface area contributed by atoms with Gasteiger partial charge in [-0.2, -0.15) is 0 Å². The molecule has 0 aliphatic heterocycles. The Kier molecular flexibility index (Phi) is 13.5. The molecule has 2 rings (SSSR count). The molecule has 6 nitrogen and oxygen atoms in total. The van der Waals surface area contributed by atoms with E-state index in [9.17, 15) is 9.59 Å². The van der Waals surface area contributed by atoms with Gasteiger partial charge in [-0.1, -0.05) is 23.2 Å².